The van der Waals surface area contributed by atoms with Gasteiger partial charge in [-0.15, -0.1) is 0 Å². The second-order valence-electron chi connectivity index (χ2n) is 3.22. The van der Waals surface area contributed by atoms with E-state index < -0.39 is 0 Å². The molecule has 0 saturated carbocycles. The molecule has 0 aromatic carbocycles. The minimum Gasteiger partial charge on any atom is -0.392 e. The molecular formula is C9H21NO3. The maximum atomic E-state index is 9.06. The molecule has 1 N–H and O–H groups in total. The van der Waals surface area contributed by atoms with E-state index in [2.05, 4.69) is 0 Å². The summed E-state index contributed by atoms with van der Waals surface area (Å²) in [4.78, 5) is 2.04. The van der Waals surface area contributed by atoms with Crippen LogP contribution in [0.3, 0.4) is 0 Å². The van der Waals surface area contributed by atoms with Crippen LogP contribution in [-0.2, 0) is 9.47 Å². The highest BCUT2D eigenvalue weighted by atomic mass is 16.5. The molecule has 0 saturated heterocycles. The van der Waals surface area contributed by atoms with Crippen molar-refractivity contribution in [1.29, 1.82) is 0 Å². The first-order valence-corrected chi connectivity index (χ1v) is 4.60. The van der Waals surface area contributed by atoms with Crippen molar-refractivity contribution in [2.75, 3.05) is 47.1 Å². The van der Waals surface area contributed by atoms with Gasteiger partial charge in [-0.05, 0) is 14.0 Å². The Balaban J connectivity index is 3.12. The third-order valence-corrected chi connectivity index (χ3v) is 1.63. The lowest BCUT2D eigenvalue weighted by molar-refractivity contribution is 0.0536. The summed E-state index contributed by atoms with van der Waals surface area (Å²) >= 11 is 0. The second-order valence-corrected chi connectivity index (χ2v) is 3.22. The van der Waals surface area contributed by atoms with Gasteiger partial charge < -0.3 is 19.5 Å². The number of methoxy groups -OCH3 is 1. The van der Waals surface area contributed by atoms with Crippen LogP contribution in [0.2, 0.25) is 0 Å². The fourth-order valence-electron chi connectivity index (χ4n) is 1.01. The fraction of sp³-hybridized carbons (Fsp3) is 1.00. The minimum atomic E-state index is -0.274. The van der Waals surface area contributed by atoms with Gasteiger partial charge in [0.2, 0.25) is 0 Å². The van der Waals surface area contributed by atoms with E-state index in [0.717, 1.165) is 6.54 Å². The summed E-state index contributed by atoms with van der Waals surface area (Å²) in [5.41, 5.74) is 0. The van der Waals surface area contributed by atoms with Crippen LogP contribution in [0.25, 0.3) is 0 Å². The molecule has 13 heavy (non-hydrogen) atoms. The molecule has 0 aliphatic heterocycles. The van der Waals surface area contributed by atoms with Crippen molar-refractivity contribution in [3.63, 3.8) is 0 Å². The Morgan fingerprint density at radius 1 is 1.31 bits per heavy atom. The normalized spacial score (nSPS) is 13.6. The van der Waals surface area contributed by atoms with Gasteiger partial charge in [0.15, 0.2) is 0 Å². The molecule has 0 heterocycles. The van der Waals surface area contributed by atoms with Gasteiger partial charge in [0.1, 0.15) is 0 Å². The number of aliphatic hydroxyl groups is 1. The number of hydrogen-bond acceptors (Lipinski definition) is 4. The Morgan fingerprint density at radius 3 is 2.54 bits per heavy atom. The third-order valence-electron chi connectivity index (χ3n) is 1.63. The molecular weight excluding hydrogens is 170 g/mol. The zero-order valence-corrected chi connectivity index (χ0v) is 8.82. The van der Waals surface area contributed by atoms with E-state index in [0.29, 0.717) is 26.4 Å². The minimum absolute atomic E-state index is 0.274. The van der Waals surface area contributed by atoms with Crippen molar-refractivity contribution < 1.29 is 14.6 Å². The summed E-state index contributed by atoms with van der Waals surface area (Å²) < 4.78 is 10.1. The largest absolute Gasteiger partial charge is 0.392 e. The van der Waals surface area contributed by atoms with Crippen LogP contribution in [-0.4, -0.2) is 63.2 Å². The number of hydrogen-bond donors (Lipinski definition) is 1. The lowest BCUT2D eigenvalue weighted by Gasteiger charge is -2.17. The second kappa shape index (κ2) is 8.44. The predicted molar refractivity (Wildman–Crippen MR) is 51.9 cm³/mol. The molecule has 4 nitrogen and oxygen atoms in total. The SMILES string of the molecule is COCCOCCN(C)CC(C)O. The summed E-state index contributed by atoms with van der Waals surface area (Å²) in [6.45, 7) is 5.27. The lowest BCUT2D eigenvalue weighted by atomic mass is 10.4. The molecule has 1 atom stereocenters. The number of nitrogens with zero attached hydrogens (tertiary/aromatic N) is 1. The molecule has 0 bridgehead atoms. The van der Waals surface area contributed by atoms with E-state index in [1.54, 1.807) is 14.0 Å². The number of aliphatic hydroxyl groups excluding tert-OH is 1. The smallest absolute Gasteiger partial charge is 0.0700 e. The Bertz CT molecular complexity index is 109. The van der Waals surface area contributed by atoms with Crippen molar-refractivity contribution >= 4 is 0 Å². The molecule has 0 radical (unpaired) electrons. The fourth-order valence-corrected chi connectivity index (χ4v) is 1.01. The quantitative estimate of drug-likeness (QED) is 0.547. The van der Waals surface area contributed by atoms with Crippen LogP contribution in [0.1, 0.15) is 6.92 Å². The van der Waals surface area contributed by atoms with Crippen molar-refractivity contribution in [3.8, 4) is 0 Å². The van der Waals surface area contributed by atoms with Gasteiger partial charge in [0, 0.05) is 20.2 Å². The maximum absolute atomic E-state index is 9.06. The third kappa shape index (κ3) is 9.76. The summed E-state index contributed by atoms with van der Waals surface area (Å²) in [5.74, 6) is 0. The van der Waals surface area contributed by atoms with Crippen LogP contribution in [0, 0.1) is 0 Å². The maximum Gasteiger partial charge on any atom is 0.0700 e. The first-order valence-electron chi connectivity index (χ1n) is 4.60. The highest BCUT2D eigenvalue weighted by molar-refractivity contribution is 4.54. The van der Waals surface area contributed by atoms with E-state index in [4.69, 9.17) is 14.6 Å². The molecule has 0 aliphatic carbocycles. The van der Waals surface area contributed by atoms with Crippen LogP contribution in [0.4, 0.5) is 0 Å². The molecule has 0 rings (SSSR count). The Kier molecular flexibility index (Phi) is 8.33. The molecule has 0 aliphatic rings. The van der Waals surface area contributed by atoms with Gasteiger partial charge in [0.25, 0.3) is 0 Å². The molecule has 80 valence electrons. The van der Waals surface area contributed by atoms with E-state index in [-0.39, 0.29) is 6.10 Å². The van der Waals surface area contributed by atoms with E-state index in [1.165, 1.54) is 0 Å². The van der Waals surface area contributed by atoms with Crippen molar-refractivity contribution in [2.45, 2.75) is 13.0 Å². The highest BCUT2D eigenvalue weighted by Crippen LogP contribution is 1.87. The summed E-state index contributed by atoms with van der Waals surface area (Å²) in [6, 6.07) is 0. The molecule has 4 heteroatoms. The van der Waals surface area contributed by atoms with E-state index in [9.17, 15) is 0 Å². The van der Waals surface area contributed by atoms with Gasteiger partial charge in [0.05, 0.1) is 25.9 Å². The van der Waals surface area contributed by atoms with Gasteiger partial charge in [-0.2, -0.15) is 0 Å². The van der Waals surface area contributed by atoms with Gasteiger partial charge in [-0.3, -0.25) is 0 Å². The van der Waals surface area contributed by atoms with Crippen LogP contribution >= 0.6 is 0 Å². The van der Waals surface area contributed by atoms with Crippen LogP contribution in [0.5, 0.6) is 0 Å². The summed E-state index contributed by atoms with van der Waals surface area (Å²) in [7, 11) is 3.62. The van der Waals surface area contributed by atoms with Crippen molar-refractivity contribution in [3.05, 3.63) is 0 Å². The van der Waals surface area contributed by atoms with E-state index in [1.807, 2.05) is 11.9 Å². The van der Waals surface area contributed by atoms with E-state index >= 15 is 0 Å². The first-order chi connectivity index (χ1) is 6.16. The van der Waals surface area contributed by atoms with Crippen molar-refractivity contribution in [2.24, 2.45) is 0 Å². The zero-order valence-electron chi connectivity index (χ0n) is 8.82. The first kappa shape index (κ1) is 12.8. The summed E-state index contributed by atoms with van der Waals surface area (Å²) in [6.07, 6.45) is -0.274. The van der Waals surface area contributed by atoms with Crippen LogP contribution in [0.15, 0.2) is 0 Å². The van der Waals surface area contributed by atoms with Gasteiger partial charge in [-0.1, -0.05) is 0 Å². The molecule has 0 fully saturated rings. The Morgan fingerprint density at radius 2 is 2.00 bits per heavy atom. The molecule has 0 amide bonds. The molecule has 0 spiro atoms. The zero-order chi connectivity index (χ0) is 10.1. The van der Waals surface area contributed by atoms with Gasteiger partial charge in [-0.25, -0.2) is 0 Å². The van der Waals surface area contributed by atoms with Crippen LogP contribution < -0.4 is 0 Å². The average molecular weight is 191 g/mol. The number of rotatable bonds is 8. The number of ether oxygens (including phenoxy) is 2. The summed E-state index contributed by atoms with van der Waals surface area (Å²) in [5, 5.41) is 9.06. The molecule has 0 aromatic heterocycles. The lowest BCUT2D eigenvalue weighted by Crippen LogP contribution is -2.30. The topological polar surface area (TPSA) is 41.9 Å². The Hall–Kier alpha value is -0.160. The Labute approximate surface area is 80.4 Å². The number of likely N-dealkylation sites (N-methyl/N-ethyl adjacent to an activating group) is 1. The average Bonchev–Trinajstić information content (AvgIpc) is 2.02. The molecule has 1 unspecified atom stereocenters. The monoisotopic (exact) mass is 191 g/mol. The molecule has 0 aromatic rings. The highest BCUT2D eigenvalue weighted by Gasteiger charge is 2.01. The van der Waals surface area contributed by atoms with Gasteiger partial charge >= 0.3 is 0 Å². The standard InChI is InChI=1S/C9H21NO3/c1-9(11)8-10(2)4-5-13-7-6-12-3/h9,11H,4-8H2,1-3H3. The predicted octanol–water partition coefficient (Wildman–Crippen LogP) is -0.0380. The van der Waals surface area contributed by atoms with Crippen molar-refractivity contribution in [1.82, 2.24) is 4.90 Å².